The summed E-state index contributed by atoms with van der Waals surface area (Å²) in [5, 5.41) is 4.52. The first-order chi connectivity index (χ1) is 9.69. The zero-order valence-electron chi connectivity index (χ0n) is 10.5. The summed E-state index contributed by atoms with van der Waals surface area (Å²) < 4.78 is 10.4. The fourth-order valence-corrected chi connectivity index (χ4v) is 1.83. The first-order valence-electron chi connectivity index (χ1n) is 5.91. The second-order valence-corrected chi connectivity index (χ2v) is 3.89. The Kier molecular flexibility index (Phi) is 2.82. The predicted molar refractivity (Wildman–Crippen MR) is 68.8 cm³/mol. The van der Waals surface area contributed by atoms with Crippen molar-refractivity contribution >= 4 is 22.7 Å². The second kappa shape index (κ2) is 4.65. The predicted octanol–water partition coefficient (Wildman–Crippen LogP) is 1.11. The van der Waals surface area contributed by atoms with E-state index in [1.165, 1.54) is 0 Å². The number of carbonyl (C=O) groups excluding carboxylic acids is 1. The number of hydrogen-bond acceptors (Lipinski definition) is 6. The van der Waals surface area contributed by atoms with Crippen LogP contribution in [0.15, 0.2) is 29.1 Å². The highest BCUT2D eigenvalue weighted by Gasteiger charge is 2.14. The monoisotopic (exact) mass is 274 g/mol. The first kappa shape index (κ1) is 12.2. The smallest absolute Gasteiger partial charge is 0.434 e. The largest absolute Gasteiger partial charge is 0.516 e. The quantitative estimate of drug-likeness (QED) is 0.703. The van der Waals surface area contributed by atoms with Gasteiger partial charge in [0.15, 0.2) is 5.65 Å². The van der Waals surface area contributed by atoms with Crippen LogP contribution in [0.1, 0.15) is 6.92 Å². The first-order valence-corrected chi connectivity index (χ1v) is 5.91. The number of rotatable bonds is 2. The molecule has 8 nitrogen and oxygen atoms in total. The number of ether oxygens (including phenoxy) is 2. The maximum absolute atomic E-state index is 11.9. The van der Waals surface area contributed by atoms with E-state index in [1.54, 1.807) is 31.2 Å². The molecule has 0 unspecified atom stereocenters. The van der Waals surface area contributed by atoms with Crippen molar-refractivity contribution in [1.29, 1.82) is 0 Å². The summed E-state index contributed by atoms with van der Waals surface area (Å²) in [6.45, 7) is 1.83. The Morgan fingerprint density at radius 2 is 2.20 bits per heavy atom. The van der Waals surface area contributed by atoms with Crippen molar-refractivity contribution in [3.63, 3.8) is 0 Å². The molecule has 3 aromatic rings. The van der Waals surface area contributed by atoms with Gasteiger partial charge in [0, 0.05) is 5.39 Å². The van der Waals surface area contributed by atoms with Crippen LogP contribution in [0.3, 0.4) is 0 Å². The summed E-state index contributed by atoms with van der Waals surface area (Å²) in [5.74, 6) is 0. The molecule has 102 valence electrons. The molecule has 0 fully saturated rings. The van der Waals surface area contributed by atoms with E-state index in [0.717, 1.165) is 4.52 Å². The third kappa shape index (κ3) is 1.96. The van der Waals surface area contributed by atoms with Crippen LogP contribution in [-0.4, -0.2) is 32.3 Å². The molecule has 1 aromatic carbocycles. The Labute approximate surface area is 112 Å². The molecule has 0 bridgehead atoms. The third-order valence-electron chi connectivity index (χ3n) is 2.63. The van der Waals surface area contributed by atoms with Gasteiger partial charge in [0.1, 0.15) is 0 Å². The fourth-order valence-electron chi connectivity index (χ4n) is 1.83. The van der Waals surface area contributed by atoms with Crippen LogP contribution in [0.4, 0.5) is 4.79 Å². The van der Waals surface area contributed by atoms with Crippen LogP contribution in [-0.2, 0) is 4.74 Å². The molecule has 8 heteroatoms. The average molecular weight is 274 g/mol. The Morgan fingerprint density at radius 1 is 1.40 bits per heavy atom. The van der Waals surface area contributed by atoms with Gasteiger partial charge in [0.25, 0.3) is 0 Å². The zero-order valence-corrected chi connectivity index (χ0v) is 10.5. The molecule has 0 saturated heterocycles. The number of carbonyl (C=O) groups is 1. The van der Waals surface area contributed by atoms with Crippen molar-refractivity contribution in [2.24, 2.45) is 0 Å². The maximum Gasteiger partial charge on any atom is 0.516 e. The molecule has 2 heterocycles. The minimum Gasteiger partial charge on any atom is -0.434 e. The number of benzene rings is 1. The van der Waals surface area contributed by atoms with Crippen LogP contribution >= 0.6 is 0 Å². The van der Waals surface area contributed by atoms with Gasteiger partial charge in [-0.3, -0.25) is 0 Å². The number of hydrogen-bond donors (Lipinski definition) is 1. The Bertz CT molecular complexity index is 851. The molecule has 0 radical (unpaired) electrons. The second-order valence-electron chi connectivity index (χ2n) is 3.89. The standard InChI is InChI=1S/C12H10N4O4/c1-2-19-12(18)20-10-14-9-7-5-3-4-6-8(7)13-11(17)16(9)15-10/h3-6H,2H2,1H3,(H,13,17). The van der Waals surface area contributed by atoms with E-state index in [-0.39, 0.29) is 12.6 Å². The molecule has 0 spiro atoms. The molecule has 0 amide bonds. The van der Waals surface area contributed by atoms with Gasteiger partial charge in [-0.1, -0.05) is 12.1 Å². The highest BCUT2D eigenvalue weighted by atomic mass is 16.7. The molecule has 0 atom stereocenters. The fraction of sp³-hybridized carbons (Fsp3) is 0.167. The number of nitrogens with zero attached hydrogens (tertiary/aromatic N) is 3. The van der Waals surface area contributed by atoms with Crippen molar-refractivity contribution in [2.45, 2.75) is 6.92 Å². The van der Waals surface area contributed by atoms with E-state index in [4.69, 9.17) is 4.74 Å². The van der Waals surface area contributed by atoms with Gasteiger partial charge in [-0.15, -0.1) is 5.10 Å². The lowest BCUT2D eigenvalue weighted by Crippen LogP contribution is -2.17. The number of aromatic amines is 1. The van der Waals surface area contributed by atoms with Crippen molar-refractivity contribution in [3.05, 3.63) is 34.7 Å². The van der Waals surface area contributed by atoms with Gasteiger partial charge in [-0.25, -0.2) is 9.59 Å². The van der Waals surface area contributed by atoms with Crippen molar-refractivity contribution < 1.29 is 14.3 Å². The third-order valence-corrected chi connectivity index (χ3v) is 2.63. The summed E-state index contributed by atoms with van der Waals surface area (Å²) in [6, 6.07) is 6.90. The number of aromatic nitrogens is 4. The summed E-state index contributed by atoms with van der Waals surface area (Å²) in [4.78, 5) is 29.8. The molecule has 0 aliphatic carbocycles. The molecular weight excluding hydrogens is 264 g/mol. The van der Waals surface area contributed by atoms with Gasteiger partial charge in [0.2, 0.25) is 0 Å². The number of H-pyrrole nitrogens is 1. The molecule has 0 saturated carbocycles. The zero-order chi connectivity index (χ0) is 14.1. The number of fused-ring (bicyclic) bond motifs is 3. The maximum atomic E-state index is 11.9. The lowest BCUT2D eigenvalue weighted by molar-refractivity contribution is 0.101. The lowest BCUT2D eigenvalue weighted by Gasteiger charge is -1.97. The van der Waals surface area contributed by atoms with Gasteiger partial charge in [-0.2, -0.15) is 9.50 Å². The molecule has 0 aliphatic heterocycles. The number of nitrogens with one attached hydrogen (secondary N) is 1. The molecule has 2 aromatic heterocycles. The van der Waals surface area contributed by atoms with Gasteiger partial charge in [-0.05, 0) is 19.1 Å². The normalized spacial score (nSPS) is 10.8. The minimum atomic E-state index is -0.913. The van der Waals surface area contributed by atoms with Crippen LogP contribution in [0.2, 0.25) is 0 Å². The average Bonchev–Trinajstić information content (AvgIpc) is 2.83. The SMILES string of the molecule is CCOC(=O)Oc1nc2c3ccccc3[nH]c(=O)n2n1. The number of para-hydroxylation sites is 1. The molecular formula is C12H10N4O4. The highest BCUT2D eigenvalue weighted by Crippen LogP contribution is 2.16. The summed E-state index contributed by atoms with van der Waals surface area (Å²) in [6.07, 6.45) is -0.913. The topological polar surface area (TPSA) is 98.6 Å². The van der Waals surface area contributed by atoms with E-state index in [1.807, 2.05) is 0 Å². The van der Waals surface area contributed by atoms with Gasteiger partial charge >= 0.3 is 17.9 Å². The van der Waals surface area contributed by atoms with E-state index < -0.39 is 11.8 Å². The Morgan fingerprint density at radius 3 is 3.00 bits per heavy atom. The van der Waals surface area contributed by atoms with Crippen molar-refractivity contribution in [1.82, 2.24) is 19.6 Å². The van der Waals surface area contributed by atoms with Gasteiger partial charge < -0.3 is 14.5 Å². The van der Waals surface area contributed by atoms with Gasteiger partial charge in [0.05, 0.1) is 12.1 Å². The van der Waals surface area contributed by atoms with E-state index in [2.05, 4.69) is 19.8 Å². The Balaban J connectivity index is 2.15. The molecule has 1 N–H and O–H groups in total. The summed E-state index contributed by atoms with van der Waals surface area (Å²) in [5.41, 5.74) is 0.466. The minimum absolute atomic E-state index is 0.176. The summed E-state index contributed by atoms with van der Waals surface area (Å²) in [7, 11) is 0. The summed E-state index contributed by atoms with van der Waals surface area (Å²) >= 11 is 0. The van der Waals surface area contributed by atoms with Crippen LogP contribution < -0.4 is 10.4 Å². The van der Waals surface area contributed by atoms with Crippen molar-refractivity contribution in [2.75, 3.05) is 6.61 Å². The van der Waals surface area contributed by atoms with Crippen LogP contribution in [0.25, 0.3) is 16.6 Å². The van der Waals surface area contributed by atoms with E-state index in [9.17, 15) is 9.59 Å². The highest BCUT2D eigenvalue weighted by molar-refractivity contribution is 5.90. The van der Waals surface area contributed by atoms with E-state index in [0.29, 0.717) is 16.6 Å². The molecule has 3 rings (SSSR count). The lowest BCUT2D eigenvalue weighted by atomic mass is 10.2. The van der Waals surface area contributed by atoms with Crippen LogP contribution in [0, 0.1) is 0 Å². The molecule has 20 heavy (non-hydrogen) atoms. The van der Waals surface area contributed by atoms with Crippen LogP contribution in [0.5, 0.6) is 6.01 Å². The Hall–Kier alpha value is -2.90. The molecule has 0 aliphatic rings. The van der Waals surface area contributed by atoms with E-state index >= 15 is 0 Å². The van der Waals surface area contributed by atoms with Crippen molar-refractivity contribution in [3.8, 4) is 6.01 Å².